The molecule has 0 saturated carbocycles. The van der Waals surface area contributed by atoms with Crippen LogP contribution in [0.1, 0.15) is 26.7 Å². The number of benzene rings is 2. The van der Waals surface area contributed by atoms with Gasteiger partial charge >= 0.3 is 5.97 Å². The molecule has 0 bridgehead atoms. The Morgan fingerprint density at radius 1 is 1.24 bits per heavy atom. The molecule has 112 valence electrons. The predicted molar refractivity (Wildman–Crippen MR) is 84.9 cm³/mol. The van der Waals surface area contributed by atoms with Crippen molar-refractivity contribution in [3.63, 3.8) is 0 Å². The number of carbonyl (C=O) groups excluding carboxylic acids is 1. The van der Waals surface area contributed by atoms with Crippen molar-refractivity contribution < 1.29 is 14.3 Å². The lowest BCUT2D eigenvalue weighted by atomic mass is 10.1. The monoisotopic (exact) mass is 306 g/mol. The molecule has 0 spiro atoms. The van der Waals surface area contributed by atoms with E-state index >= 15 is 0 Å². The molecule has 4 heteroatoms. The first-order valence-electron chi connectivity index (χ1n) is 7.14. The molecule has 2 aromatic rings. The fraction of sp³-hybridized carbons (Fsp3) is 0.353. The topological polar surface area (TPSA) is 35.5 Å². The van der Waals surface area contributed by atoms with Crippen molar-refractivity contribution in [2.24, 2.45) is 0 Å². The fourth-order valence-electron chi connectivity index (χ4n) is 1.98. The van der Waals surface area contributed by atoms with Gasteiger partial charge < -0.3 is 9.47 Å². The molecule has 0 saturated heterocycles. The van der Waals surface area contributed by atoms with E-state index in [0.717, 1.165) is 23.6 Å². The van der Waals surface area contributed by atoms with Crippen LogP contribution in [0, 0.1) is 0 Å². The summed E-state index contributed by atoms with van der Waals surface area (Å²) in [5.74, 6) is 0.128. The molecule has 0 aliphatic rings. The van der Waals surface area contributed by atoms with Crippen molar-refractivity contribution in [1.82, 2.24) is 0 Å². The molecular formula is C17H19ClO3. The van der Waals surface area contributed by atoms with E-state index in [0.29, 0.717) is 17.4 Å². The normalized spacial score (nSPS) is 12.1. The molecule has 0 fully saturated rings. The Labute approximate surface area is 129 Å². The van der Waals surface area contributed by atoms with Crippen LogP contribution in [0.25, 0.3) is 10.8 Å². The van der Waals surface area contributed by atoms with Gasteiger partial charge in [-0.3, -0.25) is 0 Å². The number of hydrogen-bond acceptors (Lipinski definition) is 3. The van der Waals surface area contributed by atoms with Crippen molar-refractivity contribution in [3.05, 3.63) is 41.4 Å². The standard InChI is InChI=1S/C17H19ClO3/c1-3-4-11-20-17(19)12(2)21-15-10-9-13-7-5-6-8-14(13)16(15)18/h5-10,12H,3-4,11H2,1-2H3. The number of halogens is 1. The van der Waals surface area contributed by atoms with E-state index in [2.05, 4.69) is 0 Å². The molecule has 0 amide bonds. The third kappa shape index (κ3) is 3.88. The van der Waals surface area contributed by atoms with Gasteiger partial charge in [0.2, 0.25) is 0 Å². The number of fused-ring (bicyclic) bond motifs is 1. The minimum Gasteiger partial charge on any atom is -0.477 e. The van der Waals surface area contributed by atoms with Gasteiger partial charge in [0, 0.05) is 5.39 Å². The van der Waals surface area contributed by atoms with Crippen LogP contribution < -0.4 is 4.74 Å². The summed E-state index contributed by atoms with van der Waals surface area (Å²) in [7, 11) is 0. The zero-order chi connectivity index (χ0) is 15.2. The Morgan fingerprint density at radius 3 is 2.76 bits per heavy atom. The Bertz CT molecular complexity index is 624. The minimum absolute atomic E-state index is 0.368. The van der Waals surface area contributed by atoms with Gasteiger partial charge in [0.05, 0.1) is 11.6 Å². The minimum atomic E-state index is -0.680. The van der Waals surface area contributed by atoms with Gasteiger partial charge in [-0.15, -0.1) is 0 Å². The molecule has 1 atom stereocenters. The molecule has 0 radical (unpaired) electrons. The molecule has 3 nitrogen and oxygen atoms in total. The summed E-state index contributed by atoms with van der Waals surface area (Å²) >= 11 is 6.34. The van der Waals surface area contributed by atoms with E-state index in [4.69, 9.17) is 21.1 Å². The van der Waals surface area contributed by atoms with Crippen molar-refractivity contribution in [2.45, 2.75) is 32.8 Å². The highest BCUT2D eigenvalue weighted by atomic mass is 35.5. The maximum absolute atomic E-state index is 11.8. The molecule has 0 aromatic heterocycles. The molecule has 0 aliphatic heterocycles. The van der Waals surface area contributed by atoms with E-state index in [1.807, 2.05) is 37.3 Å². The number of unbranched alkanes of at least 4 members (excludes halogenated alkanes) is 1. The van der Waals surface area contributed by atoms with Gasteiger partial charge in [0.15, 0.2) is 6.10 Å². The van der Waals surface area contributed by atoms with Crippen molar-refractivity contribution in [1.29, 1.82) is 0 Å². The van der Waals surface area contributed by atoms with Gasteiger partial charge in [-0.25, -0.2) is 4.79 Å². The van der Waals surface area contributed by atoms with Crippen LogP contribution in [0.2, 0.25) is 5.02 Å². The SMILES string of the molecule is CCCCOC(=O)C(C)Oc1ccc2ccccc2c1Cl. The van der Waals surface area contributed by atoms with Crippen LogP contribution in [0.3, 0.4) is 0 Å². The number of rotatable bonds is 6. The molecule has 1 unspecified atom stereocenters. The summed E-state index contributed by atoms with van der Waals surface area (Å²) in [5.41, 5.74) is 0. The molecular weight excluding hydrogens is 288 g/mol. The lowest BCUT2D eigenvalue weighted by molar-refractivity contribution is -0.151. The van der Waals surface area contributed by atoms with Crippen molar-refractivity contribution >= 4 is 28.3 Å². The lowest BCUT2D eigenvalue weighted by Gasteiger charge is -2.15. The smallest absolute Gasteiger partial charge is 0.347 e. The third-order valence-corrected chi connectivity index (χ3v) is 3.60. The molecule has 0 aliphatic carbocycles. The largest absolute Gasteiger partial charge is 0.477 e. The number of hydrogen-bond donors (Lipinski definition) is 0. The molecule has 0 heterocycles. The Morgan fingerprint density at radius 2 is 2.00 bits per heavy atom. The summed E-state index contributed by atoms with van der Waals surface area (Å²) in [4.78, 5) is 11.8. The fourth-order valence-corrected chi connectivity index (χ4v) is 2.26. The van der Waals surface area contributed by atoms with Gasteiger partial charge in [0.25, 0.3) is 0 Å². The zero-order valence-electron chi connectivity index (χ0n) is 12.3. The van der Waals surface area contributed by atoms with E-state index in [-0.39, 0.29) is 5.97 Å². The molecule has 2 rings (SSSR count). The number of ether oxygens (including phenoxy) is 2. The Kier molecular flexibility index (Phi) is 5.45. The number of esters is 1. The lowest BCUT2D eigenvalue weighted by Crippen LogP contribution is -2.26. The van der Waals surface area contributed by atoms with Crippen LogP contribution in [0.15, 0.2) is 36.4 Å². The van der Waals surface area contributed by atoms with E-state index in [1.54, 1.807) is 13.0 Å². The van der Waals surface area contributed by atoms with Crippen LogP contribution in [0.4, 0.5) is 0 Å². The summed E-state index contributed by atoms with van der Waals surface area (Å²) in [6.07, 6.45) is 1.16. The van der Waals surface area contributed by atoms with Crippen molar-refractivity contribution in [2.75, 3.05) is 6.61 Å². The summed E-state index contributed by atoms with van der Waals surface area (Å²) in [5, 5.41) is 2.46. The average molecular weight is 307 g/mol. The maximum atomic E-state index is 11.8. The first-order valence-corrected chi connectivity index (χ1v) is 7.51. The summed E-state index contributed by atoms with van der Waals surface area (Å²) in [6, 6.07) is 11.5. The Balaban J connectivity index is 2.09. The highest BCUT2D eigenvalue weighted by molar-refractivity contribution is 6.37. The second-order valence-electron chi connectivity index (χ2n) is 4.88. The van der Waals surface area contributed by atoms with Gasteiger partial charge in [-0.05, 0) is 24.8 Å². The zero-order valence-corrected chi connectivity index (χ0v) is 13.0. The second kappa shape index (κ2) is 7.32. The molecule has 0 N–H and O–H groups in total. The van der Waals surface area contributed by atoms with Crippen LogP contribution in [-0.2, 0) is 9.53 Å². The van der Waals surface area contributed by atoms with E-state index in [1.165, 1.54) is 0 Å². The first-order chi connectivity index (χ1) is 10.1. The predicted octanol–water partition coefficient (Wildman–Crippen LogP) is 4.60. The van der Waals surface area contributed by atoms with Crippen LogP contribution >= 0.6 is 11.6 Å². The molecule has 21 heavy (non-hydrogen) atoms. The maximum Gasteiger partial charge on any atom is 0.347 e. The van der Waals surface area contributed by atoms with Gasteiger partial charge in [-0.1, -0.05) is 55.3 Å². The van der Waals surface area contributed by atoms with Crippen LogP contribution in [0.5, 0.6) is 5.75 Å². The quantitative estimate of drug-likeness (QED) is 0.578. The summed E-state index contributed by atoms with van der Waals surface area (Å²) < 4.78 is 10.8. The third-order valence-electron chi connectivity index (χ3n) is 3.21. The number of carbonyl (C=O) groups is 1. The Hall–Kier alpha value is -1.74. The van der Waals surface area contributed by atoms with Gasteiger partial charge in [-0.2, -0.15) is 0 Å². The van der Waals surface area contributed by atoms with Gasteiger partial charge in [0.1, 0.15) is 5.75 Å². The highest BCUT2D eigenvalue weighted by Gasteiger charge is 2.18. The van der Waals surface area contributed by atoms with Crippen molar-refractivity contribution in [3.8, 4) is 5.75 Å². The highest BCUT2D eigenvalue weighted by Crippen LogP contribution is 2.33. The van der Waals surface area contributed by atoms with E-state index in [9.17, 15) is 4.79 Å². The van der Waals surface area contributed by atoms with Crippen LogP contribution in [-0.4, -0.2) is 18.7 Å². The first kappa shape index (κ1) is 15.6. The second-order valence-corrected chi connectivity index (χ2v) is 5.26. The molecule has 2 aromatic carbocycles. The average Bonchev–Trinajstić information content (AvgIpc) is 2.50. The summed E-state index contributed by atoms with van der Waals surface area (Å²) in [6.45, 7) is 4.14. The van der Waals surface area contributed by atoms with E-state index < -0.39 is 6.10 Å².